The molecule has 0 aliphatic rings. The molecule has 0 N–H and O–H groups in total. The summed E-state index contributed by atoms with van der Waals surface area (Å²) in [6, 6.07) is 28.8. The van der Waals surface area contributed by atoms with Crippen molar-refractivity contribution < 1.29 is 4.74 Å². The molecule has 0 saturated carbocycles. The maximum absolute atomic E-state index is 5.60. The molecule has 0 atom stereocenters. The molecule has 4 rings (SSSR count). The first-order valence-corrected chi connectivity index (χ1v) is 10.2. The monoisotopic (exact) mass is 386 g/mol. The van der Waals surface area contributed by atoms with E-state index in [1.165, 1.54) is 4.88 Å². The van der Waals surface area contributed by atoms with Crippen molar-refractivity contribution in [3.63, 3.8) is 0 Å². The summed E-state index contributed by atoms with van der Waals surface area (Å²) < 4.78 is 7.84. The average molecular weight is 387 g/mol. The first-order valence-electron chi connectivity index (χ1n) is 9.37. The van der Waals surface area contributed by atoms with Gasteiger partial charge in [-0.3, -0.25) is 4.57 Å². The van der Waals surface area contributed by atoms with E-state index in [0.717, 1.165) is 33.2 Å². The third kappa shape index (κ3) is 3.78. The molecule has 0 aliphatic heterocycles. The Morgan fingerprint density at radius 3 is 2.14 bits per heavy atom. The minimum Gasteiger partial charge on any atom is -0.494 e. The fraction of sp³-hybridized carbons (Fsp3) is 0.125. The summed E-state index contributed by atoms with van der Waals surface area (Å²) in [5.74, 6) is 0.889. The van der Waals surface area contributed by atoms with Crippen LogP contribution >= 0.6 is 11.3 Å². The van der Waals surface area contributed by atoms with Gasteiger partial charge in [-0.1, -0.05) is 36.4 Å². The number of aryl methyl sites for hydroxylation is 1. The summed E-state index contributed by atoms with van der Waals surface area (Å²) in [4.78, 5) is 7.11. The lowest BCUT2D eigenvalue weighted by Gasteiger charge is -2.11. The van der Waals surface area contributed by atoms with Gasteiger partial charge in [0, 0.05) is 10.6 Å². The van der Waals surface area contributed by atoms with Gasteiger partial charge in [0.05, 0.1) is 18.0 Å². The molecule has 4 aromatic rings. The standard InChI is InChI=1S/C24H22N2OS/c1-3-27-22-16-14-19(15-17-22)23-18(2)28-24(25-20-10-6-4-7-11-20)26(23)21-12-8-5-9-13-21/h4-17H,3H2,1-2H3. The van der Waals surface area contributed by atoms with Crippen molar-refractivity contribution in [2.45, 2.75) is 13.8 Å². The van der Waals surface area contributed by atoms with E-state index in [0.29, 0.717) is 6.61 Å². The van der Waals surface area contributed by atoms with Crippen molar-refractivity contribution in [3.8, 4) is 22.7 Å². The van der Waals surface area contributed by atoms with Crippen LogP contribution in [0.2, 0.25) is 0 Å². The predicted molar refractivity (Wildman–Crippen MR) is 117 cm³/mol. The molecule has 4 heteroatoms. The topological polar surface area (TPSA) is 26.5 Å². The molecule has 0 fully saturated rings. The number of ether oxygens (including phenoxy) is 1. The van der Waals surface area contributed by atoms with Gasteiger partial charge in [0.2, 0.25) is 0 Å². The molecule has 3 nitrogen and oxygen atoms in total. The lowest BCUT2D eigenvalue weighted by Crippen LogP contribution is -2.13. The minimum absolute atomic E-state index is 0.668. The summed E-state index contributed by atoms with van der Waals surface area (Å²) in [5, 5.41) is 0. The normalized spacial score (nSPS) is 11.6. The lowest BCUT2D eigenvalue weighted by molar-refractivity contribution is 0.340. The molecule has 0 spiro atoms. The molecule has 28 heavy (non-hydrogen) atoms. The molecule has 1 heterocycles. The Morgan fingerprint density at radius 1 is 0.857 bits per heavy atom. The van der Waals surface area contributed by atoms with Gasteiger partial charge in [0.25, 0.3) is 0 Å². The Balaban J connectivity index is 1.92. The van der Waals surface area contributed by atoms with E-state index >= 15 is 0 Å². The number of aromatic nitrogens is 1. The van der Waals surface area contributed by atoms with E-state index in [9.17, 15) is 0 Å². The van der Waals surface area contributed by atoms with Crippen LogP contribution in [0.1, 0.15) is 11.8 Å². The number of para-hydroxylation sites is 2. The number of hydrogen-bond donors (Lipinski definition) is 0. The fourth-order valence-corrected chi connectivity index (χ4v) is 4.21. The number of rotatable bonds is 5. The number of hydrogen-bond acceptors (Lipinski definition) is 3. The Labute approximate surface area is 169 Å². The molecule has 0 saturated heterocycles. The van der Waals surface area contributed by atoms with Crippen LogP contribution in [-0.4, -0.2) is 11.2 Å². The van der Waals surface area contributed by atoms with E-state index in [1.54, 1.807) is 11.3 Å². The second-order valence-electron chi connectivity index (χ2n) is 6.37. The molecule has 140 valence electrons. The molecule has 0 amide bonds. The van der Waals surface area contributed by atoms with Gasteiger partial charge >= 0.3 is 0 Å². The van der Waals surface area contributed by atoms with Crippen LogP contribution in [-0.2, 0) is 0 Å². The highest BCUT2D eigenvalue weighted by Crippen LogP contribution is 2.29. The summed E-state index contributed by atoms with van der Waals surface area (Å²) in [7, 11) is 0. The molecule has 1 aromatic heterocycles. The first-order chi connectivity index (χ1) is 13.8. The van der Waals surface area contributed by atoms with E-state index in [2.05, 4.69) is 47.9 Å². The van der Waals surface area contributed by atoms with Crippen LogP contribution in [0, 0.1) is 6.92 Å². The quantitative estimate of drug-likeness (QED) is 0.404. The Hall–Kier alpha value is -3.11. The van der Waals surface area contributed by atoms with Gasteiger partial charge < -0.3 is 4.74 Å². The van der Waals surface area contributed by atoms with Crippen molar-refractivity contribution in [1.29, 1.82) is 0 Å². The van der Waals surface area contributed by atoms with Crippen LogP contribution in [0.3, 0.4) is 0 Å². The summed E-state index contributed by atoms with van der Waals surface area (Å²) in [5.41, 5.74) is 4.36. The average Bonchev–Trinajstić information content (AvgIpc) is 3.06. The van der Waals surface area contributed by atoms with Gasteiger partial charge in [-0.2, -0.15) is 0 Å². The van der Waals surface area contributed by atoms with Gasteiger partial charge in [-0.05, 0) is 67.9 Å². The molecule has 0 unspecified atom stereocenters. The molecular formula is C24H22N2OS. The highest BCUT2D eigenvalue weighted by molar-refractivity contribution is 7.09. The fourth-order valence-electron chi connectivity index (χ4n) is 3.19. The van der Waals surface area contributed by atoms with Gasteiger partial charge in [0.15, 0.2) is 4.80 Å². The van der Waals surface area contributed by atoms with Crippen molar-refractivity contribution in [1.82, 2.24) is 4.57 Å². The summed E-state index contributed by atoms with van der Waals surface area (Å²) >= 11 is 1.70. The lowest BCUT2D eigenvalue weighted by atomic mass is 10.1. The van der Waals surface area contributed by atoms with Crippen molar-refractivity contribution in [2.24, 2.45) is 4.99 Å². The molecule has 0 aliphatic carbocycles. The smallest absolute Gasteiger partial charge is 0.195 e. The SMILES string of the molecule is CCOc1ccc(-c2c(C)sc(=Nc3ccccc3)n2-c2ccccc2)cc1. The van der Waals surface area contributed by atoms with E-state index in [4.69, 9.17) is 9.73 Å². The van der Waals surface area contributed by atoms with Crippen LogP contribution in [0.15, 0.2) is 89.9 Å². The Bertz CT molecular complexity index is 1110. The zero-order valence-electron chi connectivity index (χ0n) is 16.0. The van der Waals surface area contributed by atoms with Crippen molar-refractivity contribution in [2.75, 3.05) is 6.61 Å². The molecule has 0 radical (unpaired) electrons. The second-order valence-corrected chi connectivity index (χ2v) is 7.55. The van der Waals surface area contributed by atoms with Gasteiger partial charge in [-0.25, -0.2) is 4.99 Å². The van der Waals surface area contributed by atoms with Crippen LogP contribution < -0.4 is 9.54 Å². The Kier molecular flexibility index (Phi) is 5.40. The first kappa shape index (κ1) is 18.3. The van der Waals surface area contributed by atoms with E-state index in [-0.39, 0.29) is 0 Å². The summed E-state index contributed by atoms with van der Waals surface area (Å²) in [6.07, 6.45) is 0. The number of thiazole rings is 1. The van der Waals surface area contributed by atoms with Gasteiger partial charge in [0.1, 0.15) is 5.75 Å². The zero-order valence-corrected chi connectivity index (χ0v) is 16.8. The van der Waals surface area contributed by atoms with Crippen LogP contribution in [0.25, 0.3) is 16.9 Å². The molecule has 3 aromatic carbocycles. The maximum atomic E-state index is 5.60. The van der Waals surface area contributed by atoms with Crippen molar-refractivity contribution >= 4 is 17.0 Å². The number of benzene rings is 3. The zero-order chi connectivity index (χ0) is 19.3. The third-order valence-corrected chi connectivity index (χ3v) is 5.38. The molecular weight excluding hydrogens is 364 g/mol. The maximum Gasteiger partial charge on any atom is 0.195 e. The highest BCUT2D eigenvalue weighted by Gasteiger charge is 2.14. The van der Waals surface area contributed by atoms with Crippen LogP contribution in [0.4, 0.5) is 5.69 Å². The highest BCUT2D eigenvalue weighted by atomic mass is 32.1. The minimum atomic E-state index is 0.668. The Morgan fingerprint density at radius 2 is 1.50 bits per heavy atom. The molecule has 0 bridgehead atoms. The largest absolute Gasteiger partial charge is 0.494 e. The van der Waals surface area contributed by atoms with E-state index in [1.807, 2.05) is 55.5 Å². The van der Waals surface area contributed by atoms with Gasteiger partial charge in [-0.15, -0.1) is 11.3 Å². The third-order valence-electron chi connectivity index (χ3n) is 4.43. The second kappa shape index (κ2) is 8.28. The predicted octanol–water partition coefficient (Wildman–Crippen LogP) is 6.15. The van der Waals surface area contributed by atoms with E-state index < -0.39 is 0 Å². The van der Waals surface area contributed by atoms with Crippen molar-refractivity contribution in [3.05, 3.63) is 94.6 Å². The number of nitrogens with zero attached hydrogens (tertiary/aromatic N) is 2. The summed E-state index contributed by atoms with van der Waals surface area (Å²) in [6.45, 7) is 4.82. The van der Waals surface area contributed by atoms with Crippen LogP contribution in [0.5, 0.6) is 5.75 Å².